The summed E-state index contributed by atoms with van der Waals surface area (Å²) >= 11 is 0. The summed E-state index contributed by atoms with van der Waals surface area (Å²) in [6, 6.07) is 8.13. The number of aromatic nitrogens is 1. The number of Topliss-reactive ketones (excluding diaryl/α,β-unsaturated/α-hetero) is 1. The van der Waals surface area contributed by atoms with E-state index in [1.807, 2.05) is 52.0 Å². The lowest BCUT2D eigenvalue weighted by Crippen LogP contribution is -2.36. The van der Waals surface area contributed by atoms with E-state index in [0.717, 1.165) is 11.1 Å². The maximum Gasteiger partial charge on any atom is 0.329 e. The van der Waals surface area contributed by atoms with Crippen molar-refractivity contribution >= 4 is 11.8 Å². The molecule has 2 rings (SSSR count). The summed E-state index contributed by atoms with van der Waals surface area (Å²) in [6.45, 7) is 11.5. The Bertz CT molecular complexity index is 982. The number of carbonyl (C=O) groups excluding carboxylic acids is 2. The number of benzene rings is 1. The Hall–Kier alpha value is -2.73. The van der Waals surface area contributed by atoms with Crippen molar-refractivity contribution in [3.8, 4) is 11.3 Å². The molecule has 1 aromatic heterocycles. The first-order valence-corrected chi connectivity index (χ1v) is 10.2. The van der Waals surface area contributed by atoms with Crippen LogP contribution in [0.15, 0.2) is 35.1 Å². The second-order valence-corrected chi connectivity index (χ2v) is 8.77. The lowest BCUT2D eigenvalue weighted by Gasteiger charge is -2.29. The van der Waals surface area contributed by atoms with Gasteiger partial charge in [0, 0.05) is 11.6 Å². The van der Waals surface area contributed by atoms with Crippen molar-refractivity contribution in [1.29, 1.82) is 0 Å². The molecule has 0 fully saturated rings. The van der Waals surface area contributed by atoms with E-state index in [1.165, 1.54) is 10.6 Å². The van der Waals surface area contributed by atoms with Crippen molar-refractivity contribution in [3.05, 3.63) is 57.4 Å². The molecular formula is C24H32N2O4. The number of pyridine rings is 1. The van der Waals surface area contributed by atoms with Gasteiger partial charge in [0.25, 0.3) is 5.56 Å². The third kappa shape index (κ3) is 5.25. The topological polar surface area (TPSA) is 91.4 Å². The fourth-order valence-corrected chi connectivity index (χ4v) is 3.59. The van der Waals surface area contributed by atoms with Crippen LogP contribution in [-0.2, 0) is 9.53 Å². The summed E-state index contributed by atoms with van der Waals surface area (Å²) in [6.07, 6.45) is 0.411. The number of ketones is 1. The van der Waals surface area contributed by atoms with Crippen LogP contribution in [0.3, 0.4) is 0 Å². The Morgan fingerprint density at radius 1 is 1.13 bits per heavy atom. The number of ether oxygens (including phenoxy) is 1. The predicted molar refractivity (Wildman–Crippen MR) is 119 cm³/mol. The van der Waals surface area contributed by atoms with Crippen molar-refractivity contribution in [2.24, 2.45) is 11.1 Å². The van der Waals surface area contributed by atoms with Crippen LogP contribution in [0.4, 0.5) is 0 Å². The van der Waals surface area contributed by atoms with Crippen molar-refractivity contribution in [3.63, 3.8) is 0 Å². The SMILES string of the molecule is CCOC(=O)C(CC(C)(C)C)n1c(-c2ccc(C)cc2)c(C)c(C(=O)CN)cc1=O. The van der Waals surface area contributed by atoms with Crippen LogP contribution in [0.25, 0.3) is 11.3 Å². The van der Waals surface area contributed by atoms with E-state index < -0.39 is 17.6 Å². The number of hydrogen-bond acceptors (Lipinski definition) is 5. The van der Waals surface area contributed by atoms with Gasteiger partial charge in [-0.15, -0.1) is 0 Å². The molecule has 30 heavy (non-hydrogen) atoms. The highest BCUT2D eigenvalue weighted by molar-refractivity contribution is 6.00. The van der Waals surface area contributed by atoms with Crippen molar-refractivity contribution in [2.75, 3.05) is 13.2 Å². The number of aryl methyl sites for hydroxylation is 1. The van der Waals surface area contributed by atoms with Gasteiger partial charge in [0.15, 0.2) is 5.78 Å². The molecule has 6 heteroatoms. The van der Waals surface area contributed by atoms with Gasteiger partial charge in [0.05, 0.1) is 18.8 Å². The summed E-state index contributed by atoms with van der Waals surface area (Å²) in [7, 11) is 0. The third-order valence-electron chi connectivity index (χ3n) is 4.99. The molecule has 0 spiro atoms. The Morgan fingerprint density at radius 2 is 1.73 bits per heavy atom. The maximum atomic E-state index is 13.3. The lowest BCUT2D eigenvalue weighted by molar-refractivity contribution is -0.148. The predicted octanol–water partition coefficient (Wildman–Crippen LogP) is 3.81. The van der Waals surface area contributed by atoms with Gasteiger partial charge in [-0.05, 0) is 43.7 Å². The Kier molecular flexibility index (Phi) is 7.37. The molecule has 0 radical (unpaired) electrons. The Balaban J connectivity index is 2.88. The smallest absolute Gasteiger partial charge is 0.329 e. The first kappa shape index (κ1) is 23.5. The monoisotopic (exact) mass is 412 g/mol. The lowest BCUT2D eigenvalue weighted by atomic mass is 9.87. The van der Waals surface area contributed by atoms with Crippen molar-refractivity contribution in [2.45, 2.75) is 54.0 Å². The summed E-state index contributed by atoms with van der Waals surface area (Å²) in [5, 5.41) is 0. The average Bonchev–Trinajstić information content (AvgIpc) is 2.67. The number of nitrogens with two attached hydrogens (primary N) is 1. The molecule has 162 valence electrons. The molecule has 0 bridgehead atoms. The van der Waals surface area contributed by atoms with Crippen LogP contribution in [0.2, 0.25) is 0 Å². The fourth-order valence-electron chi connectivity index (χ4n) is 3.59. The van der Waals surface area contributed by atoms with E-state index in [-0.39, 0.29) is 29.9 Å². The zero-order chi connectivity index (χ0) is 22.6. The van der Waals surface area contributed by atoms with Gasteiger partial charge >= 0.3 is 5.97 Å². The molecule has 1 heterocycles. The highest BCUT2D eigenvalue weighted by Gasteiger charge is 2.32. The van der Waals surface area contributed by atoms with Crippen LogP contribution in [-0.4, -0.2) is 29.5 Å². The number of carbonyl (C=O) groups is 2. The first-order chi connectivity index (χ1) is 14.0. The molecule has 0 saturated heterocycles. The molecule has 2 N–H and O–H groups in total. The molecule has 0 aliphatic rings. The fraction of sp³-hybridized carbons (Fsp3) is 0.458. The van der Waals surface area contributed by atoms with E-state index in [1.54, 1.807) is 13.8 Å². The summed E-state index contributed by atoms with van der Waals surface area (Å²) in [5.41, 5.74) is 8.18. The summed E-state index contributed by atoms with van der Waals surface area (Å²) in [4.78, 5) is 38.6. The largest absolute Gasteiger partial charge is 0.464 e. The first-order valence-electron chi connectivity index (χ1n) is 10.2. The highest BCUT2D eigenvalue weighted by Crippen LogP contribution is 2.33. The molecule has 0 aliphatic carbocycles. The number of hydrogen-bond donors (Lipinski definition) is 1. The standard InChI is InChI=1S/C24H32N2O4/c1-7-30-23(29)19(13-24(4,5)6)26-21(28)12-18(20(27)14-25)16(3)22(26)17-10-8-15(2)9-11-17/h8-12,19H,7,13-14,25H2,1-6H3. The van der Waals surface area contributed by atoms with Crippen LogP contribution < -0.4 is 11.3 Å². The zero-order valence-corrected chi connectivity index (χ0v) is 18.7. The molecular weight excluding hydrogens is 380 g/mol. The molecule has 1 unspecified atom stereocenters. The number of esters is 1. The van der Waals surface area contributed by atoms with Gasteiger partial charge in [-0.2, -0.15) is 0 Å². The molecule has 6 nitrogen and oxygen atoms in total. The van der Waals surface area contributed by atoms with Gasteiger partial charge in [0.1, 0.15) is 6.04 Å². The van der Waals surface area contributed by atoms with Gasteiger partial charge in [-0.1, -0.05) is 50.6 Å². The van der Waals surface area contributed by atoms with Crippen molar-refractivity contribution < 1.29 is 14.3 Å². The summed E-state index contributed by atoms with van der Waals surface area (Å²) < 4.78 is 6.81. The molecule has 2 aromatic rings. The Morgan fingerprint density at radius 3 is 2.23 bits per heavy atom. The van der Waals surface area contributed by atoms with Crippen molar-refractivity contribution in [1.82, 2.24) is 4.57 Å². The van der Waals surface area contributed by atoms with Gasteiger partial charge in [-0.3, -0.25) is 14.2 Å². The maximum absolute atomic E-state index is 13.3. The van der Waals surface area contributed by atoms with Crippen LogP contribution >= 0.6 is 0 Å². The van der Waals surface area contributed by atoms with E-state index in [0.29, 0.717) is 17.7 Å². The van der Waals surface area contributed by atoms with Crippen LogP contribution in [0.1, 0.15) is 61.6 Å². The van der Waals surface area contributed by atoms with E-state index in [2.05, 4.69) is 0 Å². The number of rotatable bonds is 7. The van der Waals surface area contributed by atoms with Gasteiger partial charge in [-0.25, -0.2) is 4.79 Å². The summed E-state index contributed by atoms with van der Waals surface area (Å²) in [5.74, 6) is -0.770. The molecule has 1 atom stereocenters. The molecule has 0 aliphatic heterocycles. The van der Waals surface area contributed by atoms with Gasteiger partial charge in [0.2, 0.25) is 0 Å². The minimum Gasteiger partial charge on any atom is -0.464 e. The van der Waals surface area contributed by atoms with Gasteiger partial charge < -0.3 is 10.5 Å². The average molecular weight is 413 g/mol. The normalized spacial score (nSPS) is 12.5. The quantitative estimate of drug-likeness (QED) is 0.551. The van der Waals surface area contributed by atoms with Crippen LogP contribution in [0, 0.1) is 19.3 Å². The Labute approximate surface area is 178 Å². The zero-order valence-electron chi connectivity index (χ0n) is 18.7. The van der Waals surface area contributed by atoms with E-state index in [9.17, 15) is 14.4 Å². The minimum absolute atomic E-state index is 0.194. The second kappa shape index (κ2) is 9.39. The minimum atomic E-state index is -0.811. The second-order valence-electron chi connectivity index (χ2n) is 8.77. The molecule has 0 amide bonds. The van der Waals surface area contributed by atoms with E-state index >= 15 is 0 Å². The molecule has 1 aromatic carbocycles. The third-order valence-corrected chi connectivity index (χ3v) is 4.99. The molecule has 0 saturated carbocycles. The number of nitrogens with zero attached hydrogens (tertiary/aromatic N) is 1. The van der Waals surface area contributed by atoms with Crippen LogP contribution in [0.5, 0.6) is 0 Å². The highest BCUT2D eigenvalue weighted by atomic mass is 16.5. The van der Waals surface area contributed by atoms with E-state index in [4.69, 9.17) is 10.5 Å².